The lowest BCUT2D eigenvalue weighted by molar-refractivity contribution is 0.306. The van der Waals surface area contributed by atoms with E-state index in [9.17, 15) is 4.79 Å². The molecule has 0 atom stereocenters. The first-order valence-corrected chi connectivity index (χ1v) is 12.5. The smallest absolute Gasteiger partial charge is 0.282 e. The van der Waals surface area contributed by atoms with Gasteiger partial charge < -0.3 is 9.15 Å². The molecule has 38 heavy (non-hydrogen) atoms. The lowest BCUT2D eigenvalue weighted by Crippen LogP contribution is -2.20. The van der Waals surface area contributed by atoms with Crippen molar-refractivity contribution in [2.45, 2.75) is 13.5 Å². The van der Waals surface area contributed by atoms with Crippen molar-refractivity contribution in [3.8, 4) is 17.3 Å². The second-order valence-electron chi connectivity index (χ2n) is 8.95. The molecule has 0 radical (unpaired) electrons. The van der Waals surface area contributed by atoms with Crippen LogP contribution in [0.5, 0.6) is 5.75 Å². The van der Waals surface area contributed by atoms with Crippen LogP contribution in [0.3, 0.4) is 0 Å². The number of rotatable bonds is 6. The molecule has 186 valence electrons. The quantitative estimate of drug-likeness (QED) is 0.218. The lowest BCUT2D eigenvalue weighted by atomic mass is 10.2. The fourth-order valence-electron chi connectivity index (χ4n) is 4.17. The van der Waals surface area contributed by atoms with Crippen LogP contribution in [-0.4, -0.2) is 15.9 Å². The second-order valence-corrected chi connectivity index (χ2v) is 9.39. The van der Waals surface area contributed by atoms with Crippen LogP contribution in [0.25, 0.3) is 33.5 Å². The van der Waals surface area contributed by atoms with Crippen molar-refractivity contribution in [1.82, 2.24) is 9.66 Å². The minimum atomic E-state index is -0.299. The van der Waals surface area contributed by atoms with E-state index in [1.54, 1.807) is 42.6 Å². The van der Waals surface area contributed by atoms with Crippen LogP contribution in [-0.2, 0) is 6.61 Å². The maximum atomic E-state index is 13.5. The zero-order valence-corrected chi connectivity index (χ0v) is 21.2. The van der Waals surface area contributed by atoms with Crippen LogP contribution in [0.2, 0.25) is 5.02 Å². The largest absolute Gasteiger partial charge is 0.489 e. The lowest BCUT2D eigenvalue weighted by Gasteiger charge is -2.08. The highest BCUT2D eigenvalue weighted by Gasteiger charge is 2.16. The fraction of sp³-hybridized carbons (Fsp3) is 0.0645. The summed E-state index contributed by atoms with van der Waals surface area (Å²) in [6.45, 7) is 2.51. The van der Waals surface area contributed by atoms with Crippen molar-refractivity contribution in [3.63, 3.8) is 0 Å². The number of nitrogens with zero attached hydrogens (tertiary/aromatic N) is 3. The number of fused-ring (bicyclic) bond motifs is 2. The minimum absolute atomic E-state index is 0.295. The zero-order chi connectivity index (χ0) is 26.1. The molecule has 0 aliphatic heterocycles. The molecule has 0 N–H and O–H groups in total. The van der Waals surface area contributed by atoms with Crippen molar-refractivity contribution in [2.24, 2.45) is 5.10 Å². The normalized spacial score (nSPS) is 11.5. The molecule has 0 unspecified atom stereocenters. The van der Waals surface area contributed by atoms with Gasteiger partial charge in [0.25, 0.3) is 5.56 Å². The number of ether oxygens (including phenoxy) is 1. The Kier molecular flexibility index (Phi) is 6.23. The molecule has 6 nitrogen and oxygen atoms in total. The third-order valence-corrected chi connectivity index (χ3v) is 6.39. The molecule has 0 fully saturated rings. The molecule has 7 heteroatoms. The van der Waals surface area contributed by atoms with Crippen LogP contribution in [0.15, 0.2) is 111 Å². The molecule has 0 bridgehead atoms. The summed E-state index contributed by atoms with van der Waals surface area (Å²) in [5.74, 6) is 1.41. The third-order valence-electron chi connectivity index (χ3n) is 6.16. The Morgan fingerprint density at radius 2 is 1.82 bits per heavy atom. The van der Waals surface area contributed by atoms with Gasteiger partial charge in [-0.1, -0.05) is 65.7 Å². The van der Waals surface area contributed by atoms with Gasteiger partial charge in [0.2, 0.25) is 5.82 Å². The monoisotopic (exact) mass is 519 g/mol. The number of aryl methyl sites for hydroxylation is 1. The fourth-order valence-corrected chi connectivity index (χ4v) is 4.36. The van der Waals surface area contributed by atoms with Crippen LogP contribution < -0.4 is 10.3 Å². The average molecular weight is 520 g/mol. The van der Waals surface area contributed by atoms with Gasteiger partial charge in [-0.15, -0.1) is 0 Å². The first-order valence-electron chi connectivity index (χ1n) is 12.1. The number of hydrogen-bond donors (Lipinski definition) is 0. The van der Waals surface area contributed by atoms with E-state index in [4.69, 9.17) is 25.7 Å². The molecule has 0 aliphatic rings. The summed E-state index contributed by atoms with van der Waals surface area (Å²) in [4.78, 5) is 18.2. The predicted molar refractivity (Wildman–Crippen MR) is 151 cm³/mol. The summed E-state index contributed by atoms with van der Waals surface area (Å²) >= 11 is 6.16. The number of furan rings is 1. The predicted octanol–water partition coefficient (Wildman–Crippen LogP) is 7.23. The molecule has 2 aromatic heterocycles. The minimum Gasteiger partial charge on any atom is -0.489 e. The van der Waals surface area contributed by atoms with Crippen LogP contribution >= 0.6 is 11.6 Å². The highest BCUT2D eigenvalue weighted by molar-refractivity contribution is 6.31. The summed E-state index contributed by atoms with van der Waals surface area (Å²) in [5.41, 5.74) is 3.96. The molecule has 6 rings (SSSR count). The molecule has 0 saturated carbocycles. The van der Waals surface area contributed by atoms with E-state index in [0.29, 0.717) is 45.4 Å². The highest BCUT2D eigenvalue weighted by Crippen LogP contribution is 2.29. The van der Waals surface area contributed by atoms with E-state index in [0.717, 1.165) is 16.5 Å². The Labute approximate surface area is 223 Å². The van der Waals surface area contributed by atoms with Gasteiger partial charge in [0.1, 0.15) is 17.9 Å². The van der Waals surface area contributed by atoms with Crippen molar-refractivity contribution in [1.29, 1.82) is 0 Å². The van der Waals surface area contributed by atoms with Crippen LogP contribution in [0.1, 0.15) is 16.7 Å². The number of benzene rings is 4. The average Bonchev–Trinajstić information content (AvgIpc) is 3.35. The third kappa shape index (κ3) is 4.82. The van der Waals surface area contributed by atoms with Gasteiger partial charge >= 0.3 is 0 Å². The number of aromatic nitrogens is 2. The van der Waals surface area contributed by atoms with E-state index in [2.05, 4.69) is 24.2 Å². The van der Waals surface area contributed by atoms with Crippen LogP contribution in [0, 0.1) is 6.92 Å². The van der Waals surface area contributed by atoms with E-state index in [-0.39, 0.29) is 5.56 Å². The van der Waals surface area contributed by atoms with Gasteiger partial charge in [0.05, 0.1) is 17.1 Å². The van der Waals surface area contributed by atoms with Gasteiger partial charge in [-0.25, -0.2) is 4.98 Å². The van der Waals surface area contributed by atoms with Crippen molar-refractivity contribution >= 4 is 39.7 Å². The highest BCUT2D eigenvalue weighted by atomic mass is 35.5. The summed E-state index contributed by atoms with van der Waals surface area (Å²) in [6, 6.07) is 30.1. The van der Waals surface area contributed by atoms with E-state index >= 15 is 0 Å². The summed E-state index contributed by atoms with van der Waals surface area (Å²) in [5, 5.41) is 6.40. The Morgan fingerprint density at radius 1 is 0.974 bits per heavy atom. The molecular formula is C31H22ClN3O3. The number of hydrogen-bond acceptors (Lipinski definition) is 5. The maximum absolute atomic E-state index is 13.5. The SMILES string of the molecule is Cc1ccc(COc2cccc(C=Nn3c(-c4cc5cc(Cl)ccc5o4)nc4ccccc4c3=O)c2)cc1. The Morgan fingerprint density at radius 3 is 2.68 bits per heavy atom. The Bertz CT molecular complexity index is 1870. The summed E-state index contributed by atoms with van der Waals surface area (Å²) in [6.07, 6.45) is 1.61. The zero-order valence-electron chi connectivity index (χ0n) is 20.5. The van der Waals surface area contributed by atoms with E-state index < -0.39 is 0 Å². The molecule has 4 aromatic carbocycles. The van der Waals surface area contributed by atoms with Gasteiger partial charge in [0, 0.05) is 10.4 Å². The Balaban J connectivity index is 1.37. The van der Waals surface area contributed by atoms with Crippen molar-refractivity contribution < 1.29 is 9.15 Å². The van der Waals surface area contributed by atoms with Gasteiger partial charge in [-0.05, 0) is 66.6 Å². The van der Waals surface area contributed by atoms with Crippen molar-refractivity contribution in [3.05, 3.63) is 129 Å². The van der Waals surface area contributed by atoms with Crippen molar-refractivity contribution in [2.75, 3.05) is 0 Å². The molecule has 0 aliphatic carbocycles. The molecule has 0 spiro atoms. The maximum Gasteiger partial charge on any atom is 0.282 e. The number of halogens is 1. The molecule has 2 heterocycles. The van der Waals surface area contributed by atoms with E-state index in [1.807, 2.05) is 48.5 Å². The summed E-state index contributed by atoms with van der Waals surface area (Å²) < 4.78 is 13.3. The Hall–Kier alpha value is -4.68. The first-order chi connectivity index (χ1) is 18.5. The van der Waals surface area contributed by atoms with Gasteiger partial charge in [-0.2, -0.15) is 9.78 Å². The standard InChI is InChI=1S/C31H22ClN3O3/c1-20-9-11-21(12-10-20)19-37-25-6-4-5-22(15-25)18-33-35-30(34-27-8-3-2-7-26(27)31(35)36)29-17-23-16-24(32)13-14-28(23)38-29/h2-18H,19H2,1H3. The summed E-state index contributed by atoms with van der Waals surface area (Å²) in [7, 11) is 0. The second kappa shape index (κ2) is 10.00. The molecule has 0 saturated heterocycles. The number of para-hydroxylation sites is 1. The van der Waals surface area contributed by atoms with E-state index in [1.165, 1.54) is 10.2 Å². The van der Waals surface area contributed by atoms with Gasteiger partial charge in [-0.3, -0.25) is 4.79 Å². The molecule has 6 aromatic rings. The molecular weight excluding hydrogens is 498 g/mol. The first kappa shape index (κ1) is 23.7. The van der Waals surface area contributed by atoms with Gasteiger partial charge in [0.15, 0.2) is 5.76 Å². The topological polar surface area (TPSA) is 69.6 Å². The van der Waals surface area contributed by atoms with Crippen LogP contribution in [0.4, 0.5) is 0 Å². The molecule has 0 amide bonds.